The van der Waals surface area contributed by atoms with Crippen LogP contribution in [0.1, 0.15) is 26.7 Å². The van der Waals surface area contributed by atoms with Crippen LogP contribution in [0.25, 0.3) is 0 Å². The summed E-state index contributed by atoms with van der Waals surface area (Å²) in [6.45, 7) is 0. The van der Waals surface area contributed by atoms with E-state index >= 15 is 0 Å². The van der Waals surface area contributed by atoms with Crippen molar-refractivity contribution in [1.29, 1.82) is 0 Å². The molecule has 2 fully saturated rings. The average Bonchev–Trinajstić information content (AvgIpc) is 2.52. The predicted octanol–water partition coefficient (Wildman–Crippen LogP) is 2.22. The molecule has 2 saturated carbocycles. The minimum Gasteiger partial charge on any atom is -0.393 e. The SMILES string of the molecule is C.OC1CC2CC1C1C=CCC21. The molecule has 0 aliphatic heterocycles. The van der Waals surface area contributed by atoms with Gasteiger partial charge in [0.05, 0.1) is 6.10 Å². The molecule has 2 bridgehead atoms. The van der Waals surface area contributed by atoms with Crippen molar-refractivity contribution in [2.45, 2.75) is 32.8 Å². The van der Waals surface area contributed by atoms with Crippen LogP contribution < -0.4 is 0 Å². The van der Waals surface area contributed by atoms with E-state index < -0.39 is 0 Å². The molecule has 12 heavy (non-hydrogen) atoms. The van der Waals surface area contributed by atoms with Crippen LogP contribution in [0.2, 0.25) is 0 Å². The Hall–Kier alpha value is -0.300. The van der Waals surface area contributed by atoms with E-state index in [2.05, 4.69) is 12.2 Å². The smallest absolute Gasteiger partial charge is 0.0577 e. The van der Waals surface area contributed by atoms with Crippen LogP contribution in [-0.2, 0) is 0 Å². The molecule has 3 rings (SSSR count). The molecular weight excluding hydrogens is 148 g/mol. The molecule has 68 valence electrons. The Labute approximate surface area is 74.5 Å². The fraction of sp³-hybridized carbons (Fsp3) is 0.818. The Balaban J connectivity index is 0.000000563. The lowest BCUT2D eigenvalue weighted by molar-refractivity contribution is 0.0746. The van der Waals surface area contributed by atoms with Crippen LogP contribution in [0.15, 0.2) is 12.2 Å². The third kappa shape index (κ3) is 0.832. The highest BCUT2D eigenvalue weighted by atomic mass is 16.3. The summed E-state index contributed by atoms with van der Waals surface area (Å²) in [5.74, 6) is 3.16. The van der Waals surface area contributed by atoms with Gasteiger partial charge in [-0.05, 0) is 42.9 Å². The Morgan fingerprint density at radius 3 is 2.83 bits per heavy atom. The van der Waals surface area contributed by atoms with E-state index in [1.165, 1.54) is 12.8 Å². The molecule has 1 heteroatoms. The summed E-state index contributed by atoms with van der Waals surface area (Å²) < 4.78 is 0. The molecule has 3 aliphatic rings. The van der Waals surface area contributed by atoms with Gasteiger partial charge in [-0.3, -0.25) is 0 Å². The van der Waals surface area contributed by atoms with Gasteiger partial charge in [-0.1, -0.05) is 19.6 Å². The summed E-state index contributed by atoms with van der Waals surface area (Å²) in [6.07, 6.45) is 8.38. The van der Waals surface area contributed by atoms with Crippen LogP contribution >= 0.6 is 0 Å². The molecule has 0 heterocycles. The van der Waals surface area contributed by atoms with Crippen molar-refractivity contribution in [3.05, 3.63) is 12.2 Å². The largest absolute Gasteiger partial charge is 0.393 e. The fourth-order valence-corrected chi connectivity index (χ4v) is 3.51. The number of hydrogen-bond donors (Lipinski definition) is 1. The number of rotatable bonds is 0. The van der Waals surface area contributed by atoms with E-state index in [0.29, 0.717) is 5.92 Å². The molecule has 3 aliphatic carbocycles. The predicted molar refractivity (Wildman–Crippen MR) is 49.7 cm³/mol. The van der Waals surface area contributed by atoms with Gasteiger partial charge >= 0.3 is 0 Å². The first-order valence-corrected chi connectivity index (χ1v) is 4.71. The van der Waals surface area contributed by atoms with Gasteiger partial charge in [0.2, 0.25) is 0 Å². The van der Waals surface area contributed by atoms with Gasteiger partial charge in [-0.25, -0.2) is 0 Å². The van der Waals surface area contributed by atoms with Crippen molar-refractivity contribution in [1.82, 2.24) is 0 Å². The van der Waals surface area contributed by atoms with Crippen LogP contribution in [0.3, 0.4) is 0 Å². The van der Waals surface area contributed by atoms with Crippen LogP contribution in [0.4, 0.5) is 0 Å². The van der Waals surface area contributed by atoms with Gasteiger partial charge in [-0.2, -0.15) is 0 Å². The van der Waals surface area contributed by atoms with Gasteiger partial charge in [0.25, 0.3) is 0 Å². The zero-order valence-electron chi connectivity index (χ0n) is 6.61. The van der Waals surface area contributed by atoms with Crippen LogP contribution in [-0.4, -0.2) is 11.2 Å². The van der Waals surface area contributed by atoms with Crippen molar-refractivity contribution < 1.29 is 5.11 Å². The third-order valence-corrected chi connectivity index (χ3v) is 3.97. The molecule has 0 aromatic heterocycles. The molecule has 0 radical (unpaired) electrons. The second kappa shape index (κ2) is 2.59. The number of aliphatic hydroxyl groups excluding tert-OH is 1. The maximum atomic E-state index is 9.63. The Morgan fingerprint density at radius 2 is 2.00 bits per heavy atom. The zero-order valence-corrected chi connectivity index (χ0v) is 6.61. The van der Waals surface area contributed by atoms with E-state index in [9.17, 15) is 5.11 Å². The summed E-state index contributed by atoms with van der Waals surface area (Å²) >= 11 is 0. The topological polar surface area (TPSA) is 20.2 Å². The van der Waals surface area contributed by atoms with E-state index in [-0.39, 0.29) is 13.5 Å². The highest BCUT2D eigenvalue weighted by Gasteiger charge is 2.51. The highest BCUT2D eigenvalue weighted by molar-refractivity contribution is 5.14. The van der Waals surface area contributed by atoms with Crippen molar-refractivity contribution in [2.75, 3.05) is 0 Å². The maximum absolute atomic E-state index is 9.63. The molecule has 5 atom stereocenters. The first kappa shape index (κ1) is 8.31. The quantitative estimate of drug-likeness (QED) is 0.547. The summed E-state index contributed by atoms with van der Waals surface area (Å²) in [6, 6.07) is 0. The fourth-order valence-electron chi connectivity index (χ4n) is 3.51. The average molecular weight is 166 g/mol. The zero-order chi connectivity index (χ0) is 7.42. The third-order valence-electron chi connectivity index (χ3n) is 3.97. The van der Waals surface area contributed by atoms with Gasteiger partial charge in [0.15, 0.2) is 0 Å². The minimum absolute atomic E-state index is 0. The second-order valence-electron chi connectivity index (χ2n) is 4.37. The molecular formula is C11H18O. The van der Waals surface area contributed by atoms with Crippen LogP contribution in [0, 0.1) is 23.7 Å². The van der Waals surface area contributed by atoms with Crippen molar-refractivity contribution in [3.8, 4) is 0 Å². The van der Waals surface area contributed by atoms with Gasteiger partial charge in [-0.15, -0.1) is 0 Å². The van der Waals surface area contributed by atoms with Gasteiger partial charge in [0, 0.05) is 0 Å². The lowest BCUT2D eigenvalue weighted by Gasteiger charge is -2.27. The number of hydrogen-bond acceptors (Lipinski definition) is 1. The normalized spacial score (nSPS) is 53.9. The Kier molecular flexibility index (Phi) is 1.80. The van der Waals surface area contributed by atoms with Crippen molar-refractivity contribution >= 4 is 0 Å². The molecule has 0 aromatic rings. The van der Waals surface area contributed by atoms with E-state index in [1.54, 1.807) is 0 Å². The molecule has 0 spiro atoms. The molecule has 1 nitrogen and oxygen atoms in total. The second-order valence-corrected chi connectivity index (χ2v) is 4.37. The maximum Gasteiger partial charge on any atom is 0.0577 e. The summed E-state index contributed by atoms with van der Waals surface area (Å²) in [7, 11) is 0. The first-order chi connectivity index (χ1) is 5.36. The van der Waals surface area contributed by atoms with Crippen molar-refractivity contribution in [2.24, 2.45) is 23.7 Å². The number of fused-ring (bicyclic) bond motifs is 5. The highest BCUT2D eigenvalue weighted by Crippen LogP contribution is 2.56. The molecule has 5 unspecified atom stereocenters. The minimum atomic E-state index is 0. The molecule has 0 amide bonds. The molecule has 0 aromatic carbocycles. The monoisotopic (exact) mass is 166 g/mol. The summed E-state index contributed by atoms with van der Waals surface area (Å²) in [5.41, 5.74) is 0. The lowest BCUT2D eigenvalue weighted by atomic mass is 9.80. The summed E-state index contributed by atoms with van der Waals surface area (Å²) in [5, 5.41) is 9.63. The standard InChI is InChI=1S/C10H14O.CH4/c11-10-5-6-4-9(10)8-3-1-2-7(6)8;/h1,3,6-11H,2,4-5H2;1H4. The molecule has 1 N–H and O–H groups in total. The lowest BCUT2D eigenvalue weighted by Crippen LogP contribution is -2.27. The van der Waals surface area contributed by atoms with Gasteiger partial charge < -0.3 is 5.11 Å². The Morgan fingerprint density at radius 1 is 1.17 bits per heavy atom. The summed E-state index contributed by atoms with van der Waals surface area (Å²) in [4.78, 5) is 0. The van der Waals surface area contributed by atoms with Crippen molar-refractivity contribution in [3.63, 3.8) is 0 Å². The van der Waals surface area contributed by atoms with Gasteiger partial charge in [0.1, 0.15) is 0 Å². The van der Waals surface area contributed by atoms with E-state index in [0.717, 1.165) is 24.2 Å². The number of aliphatic hydroxyl groups is 1. The number of allylic oxidation sites excluding steroid dienone is 2. The van der Waals surface area contributed by atoms with Crippen LogP contribution in [0.5, 0.6) is 0 Å². The Bertz CT molecular complexity index is 209. The molecule has 0 saturated heterocycles. The van der Waals surface area contributed by atoms with E-state index in [4.69, 9.17) is 0 Å². The van der Waals surface area contributed by atoms with E-state index in [1.807, 2.05) is 0 Å². The first-order valence-electron chi connectivity index (χ1n) is 4.71.